The van der Waals surface area contributed by atoms with Gasteiger partial charge in [-0.2, -0.15) is 0 Å². The van der Waals surface area contributed by atoms with E-state index in [1.165, 1.54) is 0 Å². The Morgan fingerprint density at radius 2 is 1.93 bits per heavy atom. The molecular weight excluding hydrogens is 358 g/mol. The van der Waals surface area contributed by atoms with Crippen LogP contribution in [0.1, 0.15) is 36.8 Å². The molecule has 1 N–H and O–H groups in total. The van der Waals surface area contributed by atoms with Crippen molar-refractivity contribution >= 4 is 17.5 Å². The molecule has 27 heavy (non-hydrogen) atoms. The van der Waals surface area contributed by atoms with Crippen molar-refractivity contribution in [2.75, 3.05) is 0 Å². The van der Waals surface area contributed by atoms with Gasteiger partial charge in [0.05, 0.1) is 11.7 Å². The van der Waals surface area contributed by atoms with Crippen LogP contribution >= 0.6 is 11.6 Å². The third-order valence-electron chi connectivity index (χ3n) is 5.46. The third kappa shape index (κ3) is 3.62. The van der Waals surface area contributed by atoms with Gasteiger partial charge in [0.15, 0.2) is 0 Å². The van der Waals surface area contributed by atoms with E-state index in [2.05, 4.69) is 10.3 Å². The molecule has 1 amide bonds. The van der Waals surface area contributed by atoms with Gasteiger partial charge >= 0.3 is 0 Å². The topological polar surface area (TPSA) is 46.9 Å². The second-order valence-electron chi connectivity index (χ2n) is 7.12. The van der Waals surface area contributed by atoms with Crippen LogP contribution in [0.5, 0.6) is 0 Å². The summed E-state index contributed by atoms with van der Waals surface area (Å²) in [4.78, 5) is 17.2. The number of halogens is 1. The molecule has 3 aromatic rings. The molecule has 1 aliphatic carbocycles. The number of nitrogens with one attached hydrogen (secondary N) is 1. The SMILES string of the molecule is O=C(NCc1ccc(-n2ccnc2)cc1)C1(c2cccc(Cl)c2)CCCC1. The zero-order valence-corrected chi connectivity index (χ0v) is 15.8. The maximum Gasteiger partial charge on any atom is 0.230 e. The third-order valence-corrected chi connectivity index (χ3v) is 5.70. The van der Waals surface area contributed by atoms with Gasteiger partial charge in [0, 0.05) is 29.6 Å². The van der Waals surface area contributed by atoms with E-state index in [0.29, 0.717) is 11.6 Å². The zero-order chi connectivity index (χ0) is 18.7. The predicted molar refractivity (Wildman–Crippen MR) is 107 cm³/mol. The highest BCUT2D eigenvalue weighted by atomic mass is 35.5. The molecule has 1 saturated carbocycles. The molecule has 4 rings (SSSR count). The molecule has 0 atom stereocenters. The number of rotatable bonds is 5. The number of hydrogen-bond acceptors (Lipinski definition) is 2. The molecule has 1 aliphatic rings. The number of hydrogen-bond donors (Lipinski definition) is 1. The molecule has 0 unspecified atom stereocenters. The average Bonchev–Trinajstić information content (AvgIpc) is 3.39. The van der Waals surface area contributed by atoms with Crippen LogP contribution in [0.3, 0.4) is 0 Å². The largest absolute Gasteiger partial charge is 0.351 e. The Bertz CT molecular complexity index is 913. The quantitative estimate of drug-likeness (QED) is 0.701. The lowest BCUT2D eigenvalue weighted by Gasteiger charge is -2.28. The molecule has 1 aromatic heterocycles. The lowest BCUT2D eigenvalue weighted by atomic mass is 9.78. The van der Waals surface area contributed by atoms with E-state index in [9.17, 15) is 4.79 Å². The first kappa shape index (κ1) is 17.8. The van der Waals surface area contributed by atoms with Crippen LogP contribution in [0, 0.1) is 0 Å². The maximum atomic E-state index is 13.1. The molecule has 2 aromatic carbocycles. The Labute approximate surface area is 164 Å². The fourth-order valence-corrected chi connectivity index (χ4v) is 4.15. The van der Waals surface area contributed by atoms with E-state index in [0.717, 1.165) is 42.5 Å². The minimum absolute atomic E-state index is 0.0981. The molecule has 0 radical (unpaired) electrons. The van der Waals surface area contributed by atoms with Crippen LogP contribution in [-0.4, -0.2) is 15.5 Å². The van der Waals surface area contributed by atoms with Crippen LogP contribution in [0.2, 0.25) is 5.02 Å². The first-order valence-electron chi connectivity index (χ1n) is 9.29. The van der Waals surface area contributed by atoms with Gasteiger partial charge < -0.3 is 9.88 Å². The summed E-state index contributed by atoms with van der Waals surface area (Å²) in [6.45, 7) is 0.519. The minimum atomic E-state index is -0.457. The molecule has 0 spiro atoms. The van der Waals surface area contributed by atoms with E-state index in [4.69, 9.17) is 11.6 Å². The van der Waals surface area contributed by atoms with Crippen molar-refractivity contribution in [1.82, 2.24) is 14.9 Å². The van der Waals surface area contributed by atoms with Crippen LogP contribution in [0.15, 0.2) is 67.3 Å². The highest BCUT2D eigenvalue weighted by molar-refractivity contribution is 6.30. The Hall–Kier alpha value is -2.59. The van der Waals surface area contributed by atoms with Gasteiger partial charge in [-0.15, -0.1) is 0 Å². The van der Waals surface area contributed by atoms with Crippen molar-refractivity contribution in [1.29, 1.82) is 0 Å². The molecule has 138 valence electrons. The summed E-state index contributed by atoms with van der Waals surface area (Å²) in [7, 11) is 0. The summed E-state index contributed by atoms with van der Waals surface area (Å²) in [6.07, 6.45) is 9.32. The fourth-order valence-electron chi connectivity index (χ4n) is 3.96. The van der Waals surface area contributed by atoms with Crippen LogP contribution in [0.25, 0.3) is 5.69 Å². The first-order chi connectivity index (χ1) is 13.2. The molecule has 0 aliphatic heterocycles. The summed E-state index contributed by atoms with van der Waals surface area (Å²) in [6, 6.07) is 15.9. The van der Waals surface area contributed by atoms with E-state index in [1.807, 2.05) is 59.3 Å². The molecule has 1 heterocycles. The number of nitrogens with zero attached hydrogens (tertiary/aromatic N) is 2. The number of imidazole rings is 1. The second kappa shape index (κ2) is 7.57. The van der Waals surface area contributed by atoms with Gasteiger partial charge in [-0.25, -0.2) is 4.98 Å². The van der Waals surface area contributed by atoms with Gasteiger partial charge in [-0.1, -0.05) is 48.7 Å². The van der Waals surface area contributed by atoms with E-state index in [1.54, 1.807) is 12.5 Å². The van der Waals surface area contributed by atoms with Crippen molar-refractivity contribution < 1.29 is 4.79 Å². The Balaban J connectivity index is 1.47. The van der Waals surface area contributed by atoms with Crippen LogP contribution in [-0.2, 0) is 16.8 Å². The molecule has 4 nitrogen and oxygen atoms in total. The van der Waals surface area contributed by atoms with E-state index < -0.39 is 5.41 Å². The smallest absolute Gasteiger partial charge is 0.230 e. The van der Waals surface area contributed by atoms with E-state index >= 15 is 0 Å². The zero-order valence-electron chi connectivity index (χ0n) is 15.1. The van der Waals surface area contributed by atoms with Gasteiger partial charge in [-0.3, -0.25) is 4.79 Å². The monoisotopic (exact) mass is 379 g/mol. The average molecular weight is 380 g/mol. The lowest BCUT2D eigenvalue weighted by molar-refractivity contribution is -0.126. The fraction of sp³-hybridized carbons (Fsp3) is 0.273. The van der Waals surface area contributed by atoms with Gasteiger partial charge in [0.25, 0.3) is 0 Å². The van der Waals surface area contributed by atoms with E-state index in [-0.39, 0.29) is 5.91 Å². The number of aromatic nitrogens is 2. The van der Waals surface area contributed by atoms with Crippen molar-refractivity contribution in [3.63, 3.8) is 0 Å². The minimum Gasteiger partial charge on any atom is -0.351 e. The van der Waals surface area contributed by atoms with Crippen molar-refractivity contribution in [3.05, 3.63) is 83.4 Å². The molecular formula is C22H22ClN3O. The molecule has 0 saturated heterocycles. The summed E-state index contributed by atoms with van der Waals surface area (Å²) >= 11 is 6.18. The molecule has 1 fully saturated rings. The molecule has 5 heteroatoms. The Morgan fingerprint density at radius 1 is 1.15 bits per heavy atom. The summed E-state index contributed by atoms with van der Waals surface area (Å²) in [5.74, 6) is 0.0981. The Morgan fingerprint density at radius 3 is 2.59 bits per heavy atom. The summed E-state index contributed by atoms with van der Waals surface area (Å²) in [5.41, 5.74) is 2.70. The standard InChI is InChI=1S/C22H22ClN3O/c23-19-5-3-4-18(14-19)22(10-1-2-11-22)21(27)25-15-17-6-8-20(9-7-17)26-13-12-24-16-26/h3-9,12-14,16H,1-2,10-11,15H2,(H,25,27). The first-order valence-corrected chi connectivity index (χ1v) is 9.67. The van der Waals surface area contributed by atoms with Gasteiger partial charge in [-0.05, 0) is 48.2 Å². The van der Waals surface area contributed by atoms with Crippen molar-refractivity contribution in [3.8, 4) is 5.69 Å². The normalized spacial score (nSPS) is 15.6. The number of carbonyl (C=O) groups is 1. The van der Waals surface area contributed by atoms with Crippen LogP contribution in [0.4, 0.5) is 0 Å². The summed E-state index contributed by atoms with van der Waals surface area (Å²) < 4.78 is 1.95. The lowest BCUT2D eigenvalue weighted by Crippen LogP contribution is -2.42. The van der Waals surface area contributed by atoms with Gasteiger partial charge in [0.2, 0.25) is 5.91 Å². The maximum absolute atomic E-state index is 13.1. The molecule has 0 bridgehead atoms. The summed E-state index contributed by atoms with van der Waals surface area (Å²) in [5, 5.41) is 3.83. The highest BCUT2D eigenvalue weighted by Crippen LogP contribution is 2.42. The number of amides is 1. The predicted octanol–water partition coefficient (Wildman–Crippen LogP) is 4.65. The van der Waals surface area contributed by atoms with Crippen molar-refractivity contribution in [2.45, 2.75) is 37.6 Å². The number of carbonyl (C=O) groups excluding carboxylic acids is 1. The van der Waals surface area contributed by atoms with Gasteiger partial charge in [0.1, 0.15) is 0 Å². The highest BCUT2D eigenvalue weighted by Gasteiger charge is 2.42. The number of benzene rings is 2. The van der Waals surface area contributed by atoms with Crippen LogP contribution < -0.4 is 5.32 Å². The second-order valence-corrected chi connectivity index (χ2v) is 7.56. The Kier molecular flexibility index (Phi) is 4.99. The van der Waals surface area contributed by atoms with Crippen molar-refractivity contribution in [2.24, 2.45) is 0 Å².